The summed E-state index contributed by atoms with van der Waals surface area (Å²) in [6.07, 6.45) is 4.47. The highest BCUT2D eigenvalue weighted by Gasteiger charge is 2.40. The molecule has 19 heavy (non-hydrogen) atoms. The topological polar surface area (TPSA) is 56.8 Å². The van der Waals surface area contributed by atoms with Crippen LogP contribution in [0.5, 0.6) is 0 Å². The molecule has 1 aromatic rings. The molecule has 1 aromatic heterocycles. The smallest absolute Gasteiger partial charge is 0.274 e. The van der Waals surface area contributed by atoms with E-state index in [2.05, 4.69) is 4.98 Å². The Kier molecular flexibility index (Phi) is 2.66. The average Bonchev–Trinajstić information content (AvgIpc) is 2.34. The summed E-state index contributed by atoms with van der Waals surface area (Å²) in [5, 5.41) is 3.06. The standard InChI is InChI=1S/C13H16N4O2/c1-15-11-10(7-4-8-14-11)17(13(19)16(15)2)12(18)9-5-3-6-9/h4,7-9H,3,5-6H2,1-2H3. The molecule has 3 amide bonds. The van der Waals surface area contributed by atoms with E-state index in [1.807, 2.05) is 0 Å². The van der Waals surface area contributed by atoms with Gasteiger partial charge in [-0.25, -0.2) is 19.7 Å². The Bertz CT molecular complexity index is 541. The maximum absolute atomic E-state index is 12.4. The first-order chi connectivity index (χ1) is 9.11. The van der Waals surface area contributed by atoms with Gasteiger partial charge in [-0.3, -0.25) is 9.80 Å². The van der Waals surface area contributed by atoms with Gasteiger partial charge < -0.3 is 0 Å². The number of anilines is 2. The first kappa shape index (κ1) is 12.0. The van der Waals surface area contributed by atoms with Gasteiger partial charge in [0, 0.05) is 26.2 Å². The van der Waals surface area contributed by atoms with Crippen molar-refractivity contribution in [2.75, 3.05) is 24.0 Å². The lowest BCUT2D eigenvalue weighted by molar-refractivity contribution is -0.124. The van der Waals surface area contributed by atoms with Gasteiger partial charge in [-0.15, -0.1) is 0 Å². The van der Waals surface area contributed by atoms with Crippen LogP contribution in [-0.4, -0.2) is 36.0 Å². The predicted molar refractivity (Wildman–Crippen MR) is 70.6 cm³/mol. The van der Waals surface area contributed by atoms with Crippen molar-refractivity contribution in [1.82, 2.24) is 9.99 Å². The second-order valence-corrected chi connectivity index (χ2v) is 4.98. The average molecular weight is 260 g/mol. The van der Waals surface area contributed by atoms with Gasteiger partial charge in [0.15, 0.2) is 5.82 Å². The van der Waals surface area contributed by atoms with E-state index in [0.717, 1.165) is 19.3 Å². The molecule has 3 rings (SSSR count). The highest BCUT2D eigenvalue weighted by molar-refractivity contribution is 6.18. The van der Waals surface area contributed by atoms with E-state index >= 15 is 0 Å². The van der Waals surface area contributed by atoms with Gasteiger partial charge in [0.25, 0.3) is 0 Å². The first-order valence-corrected chi connectivity index (χ1v) is 6.41. The molecule has 2 aliphatic rings. The Hall–Kier alpha value is -2.11. The quantitative estimate of drug-likeness (QED) is 0.770. The van der Waals surface area contributed by atoms with Crippen LogP contribution in [0.4, 0.5) is 16.3 Å². The number of fused-ring (bicyclic) bond motifs is 1. The third kappa shape index (κ3) is 1.67. The van der Waals surface area contributed by atoms with Crippen LogP contribution in [-0.2, 0) is 4.79 Å². The van der Waals surface area contributed by atoms with Gasteiger partial charge in [-0.05, 0) is 25.0 Å². The fourth-order valence-electron chi connectivity index (χ4n) is 2.38. The summed E-state index contributed by atoms with van der Waals surface area (Å²) in [6, 6.07) is 3.19. The van der Waals surface area contributed by atoms with Crippen molar-refractivity contribution in [3.05, 3.63) is 18.3 Å². The zero-order valence-corrected chi connectivity index (χ0v) is 11.0. The lowest BCUT2D eigenvalue weighted by Gasteiger charge is -2.41. The molecule has 0 saturated heterocycles. The molecule has 0 aromatic carbocycles. The van der Waals surface area contributed by atoms with Crippen molar-refractivity contribution in [3.63, 3.8) is 0 Å². The fourth-order valence-corrected chi connectivity index (χ4v) is 2.38. The van der Waals surface area contributed by atoms with Crippen LogP contribution in [0.1, 0.15) is 19.3 Å². The number of nitrogens with zero attached hydrogens (tertiary/aromatic N) is 4. The van der Waals surface area contributed by atoms with Crippen molar-refractivity contribution >= 4 is 23.4 Å². The van der Waals surface area contributed by atoms with Crippen LogP contribution in [0.2, 0.25) is 0 Å². The summed E-state index contributed by atoms with van der Waals surface area (Å²) in [6.45, 7) is 0. The Morgan fingerprint density at radius 2 is 2.05 bits per heavy atom. The molecule has 1 aliphatic heterocycles. The number of pyridine rings is 1. The number of hydrogen-bond donors (Lipinski definition) is 0. The second-order valence-electron chi connectivity index (χ2n) is 4.98. The number of carbonyl (C=O) groups excluding carboxylic acids is 2. The summed E-state index contributed by atoms with van der Waals surface area (Å²) in [5.41, 5.74) is 0.574. The monoisotopic (exact) mass is 260 g/mol. The molecule has 0 bridgehead atoms. The maximum Gasteiger partial charge on any atom is 0.350 e. The Morgan fingerprint density at radius 1 is 1.32 bits per heavy atom. The van der Waals surface area contributed by atoms with E-state index < -0.39 is 0 Å². The Labute approximate surface area is 111 Å². The zero-order chi connectivity index (χ0) is 13.6. The summed E-state index contributed by atoms with van der Waals surface area (Å²) in [4.78, 5) is 30.3. The molecule has 0 atom stereocenters. The molecule has 6 heteroatoms. The fraction of sp³-hybridized carbons (Fsp3) is 0.462. The van der Waals surface area contributed by atoms with E-state index in [9.17, 15) is 9.59 Å². The molecule has 2 heterocycles. The highest BCUT2D eigenvalue weighted by Crippen LogP contribution is 2.36. The molecular formula is C13H16N4O2. The van der Waals surface area contributed by atoms with Crippen LogP contribution >= 0.6 is 0 Å². The van der Waals surface area contributed by atoms with Crippen molar-refractivity contribution < 1.29 is 9.59 Å². The van der Waals surface area contributed by atoms with Gasteiger partial charge in [0.05, 0.1) is 5.69 Å². The van der Waals surface area contributed by atoms with Gasteiger partial charge in [0.1, 0.15) is 0 Å². The number of urea groups is 1. The van der Waals surface area contributed by atoms with E-state index in [4.69, 9.17) is 0 Å². The minimum Gasteiger partial charge on any atom is -0.274 e. The molecule has 0 N–H and O–H groups in total. The number of amides is 3. The molecule has 0 spiro atoms. The Balaban J connectivity index is 2.04. The van der Waals surface area contributed by atoms with E-state index in [1.54, 1.807) is 37.4 Å². The highest BCUT2D eigenvalue weighted by atomic mass is 16.2. The van der Waals surface area contributed by atoms with Gasteiger partial charge >= 0.3 is 6.03 Å². The SMILES string of the molecule is CN1C(=O)N(C(=O)C2CCC2)c2cccnc2N1C. The zero-order valence-electron chi connectivity index (χ0n) is 11.0. The molecular weight excluding hydrogens is 244 g/mol. The molecule has 1 aliphatic carbocycles. The molecule has 1 fully saturated rings. The van der Waals surface area contributed by atoms with Crippen molar-refractivity contribution in [3.8, 4) is 0 Å². The summed E-state index contributed by atoms with van der Waals surface area (Å²) in [5.74, 6) is 0.497. The number of aromatic nitrogens is 1. The summed E-state index contributed by atoms with van der Waals surface area (Å²) < 4.78 is 0. The van der Waals surface area contributed by atoms with E-state index in [0.29, 0.717) is 11.5 Å². The van der Waals surface area contributed by atoms with Crippen molar-refractivity contribution in [2.45, 2.75) is 19.3 Å². The van der Waals surface area contributed by atoms with Crippen LogP contribution < -0.4 is 9.91 Å². The van der Waals surface area contributed by atoms with Gasteiger partial charge in [0.2, 0.25) is 5.91 Å². The predicted octanol–water partition coefficient (Wildman–Crippen LogP) is 1.63. The van der Waals surface area contributed by atoms with Crippen molar-refractivity contribution in [2.24, 2.45) is 5.92 Å². The number of hydrogen-bond acceptors (Lipinski definition) is 4. The number of rotatable bonds is 1. The number of carbonyl (C=O) groups is 2. The van der Waals surface area contributed by atoms with E-state index in [-0.39, 0.29) is 17.9 Å². The van der Waals surface area contributed by atoms with E-state index in [1.165, 1.54) is 9.91 Å². The van der Waals surface area contributed by atoms with Crippen LogP contribution in [0, 0.1) is 5.92 Å². The largest absolute Gasteiger partial charge is 0.350 e. The van der Waals surface area contributed by atoms with Gasteiger partial charge in [-0.1, -0.05) is 6.42 Å². The third-order valence-corrected chi connectivity index (χ3v) is 3.91. The lowest BCUT2D eigenvalue weighted by Crippen LogP contribution is -2.57. The van der Waals surface area contributed by atoms with Crippen LogP contribution in [0.15, 0.2) is 18.3 Å². The molecule has 100 valence electrons. The summed E-state index contributed by atoms with van der Waals surface area (Å²) in [7, 11) is 3.40. The molecule has 6 nitrogen and oxygen atoms in total. The maximum atomic E-state index is 12.4. The van der Waals surface area contributed by atoms with Crippen molar-refractivity contribution in [1.29, 1.82) is 0 Å². The molecule has 0 unspecified atom stereocenters. The first-order valence-electron chi connectivity index (χ1n) is 6.41. The second kappa shape index (κ2) is 4.22. The molecule has 0 radical (unpaired) electrons. The summed E-state index contributed by atoms with van der Waals surface area (Å²) >= 11 is 0. The molecule has 1 saturated carbocycles. The lowest BCUT2D eigenvalue weighted by atomic mass is 9.84. The minimum atomic E-state index is -0.320. The number of imide groups is 1. The number of hydrazine groups is 1. The third-order valence-electron chi connectivity index (χ3n) is 3.91. The van der Waals surface area contributed by atoms with Crippen LogP contribution in [0.25, 0.3) is 0 Å². The van der Waals surface area contributed by atoms with Gasteiger partial charge in [-0.2, -0.15) is 0 Å². The normalized spacial score (nSPS) is 19.3. The Morgan fingerprint density at radius 3 is 2.68 bits per heavy atom. The van der Waals surface area contributed by atoms with Crippen LogP contribution in [0.3, 0.4) is 0 Å². The minimum absolute atomic E-state index is 0.0196.